The molecule has 1 unspecified atom stereocenters. The minimum atomic E-state index is -0.399. The molecule has 5 heteroatoms. The Morgan fingerprint density at radius 1 is 1.53 bits per heavy atom. The zero-order valence-corrected chi connectivity index (χ0v) is 11.5. The van der Waals surface area contributed by atoms with Crippen LogP contribution < -0.4 is 11.1 Å². The number of rotatable bonds is 7. The summed E-state index contributed by atoms with van der Waals surface area (Å²) < 4.78 is 13.2. The third-order valence-electron chi connectivity index (χ3n) is 3.09. The van der Waals surface area contributed by atoms with Gasteiger partial charge < -0.3 is 16.3 Å². The molecule has 0 amide bonds. The van der Waals surface area contributed by atoms with Crippen LogP contribution in [0, 0.1) is 5.82 Å². The molecule has 4 nitrogen and oxygen atoms in total. The second kappa shape index (κ2) is 7.74. The van der Waals surface area contributed by atoms with Gasteiger partial charge in [0.2, 0.25) is 0 Å². The summed E-state index contributed by atoms with van der Waals surface area (Å²) in [5, 5.41) is 15.0. The molecule has 0 saturated carbocycles. The van der Waals surface area contributed by atoms with Crippen molar-refractivity contribution in [2.45, 2.75) is 45.7 Å². The molecule has 1 rings (SSSR count). The number of amidine groups is 1. The largest absolute Gasteiger partial charge is 0.409 e. The van der Waals surface area contributed by atoms with Gasteiger partial charge in [-0.3, -0.25) is 0 Å². The van der Waals surface area contributed by atoms with Crippen LogP contribution in [-0.4, -0.2) is 17.1 Å². The monoisotopic (exact) mass is 267 g/mol. The Balaban J connectivity index is 2.72. The van der Waals surface area contributed by atoms with Gasteiger partial charge in [-0.25, -0.2) is 4.39 Å². The van der Waals surface area contributed by atoms with Crippen LogP contribution in [0.2, 0.25) is 0 Å². The average molecular weight is 267 g/mol. The van der Waals surface area contributed by atoms with Crippen molar-refractivity contribution in [1.29, 1.82) is 0 Å². The normalized spacial score (nSPS) is 13.5. The summed E-state index contributed by atoms with van der Waals surface area (Å²) in [6.45, 7) is 4.84. The average Bonchev–Trinajstić information content (AvgIpc) is 2.42. The van der Waals surface area contributed by atoms with E-state index in [0.29, 0.717) is 18.2 Å². The zero-order valence-electron chi connectivity index (χ0n) is 11.5. The molecule has 0 saturated heterocycles. The van der Waals surface area contributed by atoms with Crippen molar-refractivity contribution in [1.82, 2.24) is 5.32 Å². The Morgan fingerprint density at radius 3 is 2.89 bits per heavy atom. The molecule has 1 atom stereocenters. The molecule has 0 aromatic heterocycles. The summed E-state index contributed by atoms with van der Waals surface area (Å²) in [5.74, 6) is -0.470. The van der Waals surface area contributed by atoms with Crippen LogP contribution in [0.1, 0.15) is 44.2 Å². The lowest BCUT2D eigenvalue weighted by Gasteiger charge is -2.15. The molecule has 0 spiro atoms. The number of oxime groups is 1. The van der Waals surface area contributed by atoms with E-state index in [2.05, 4.69) is 24.3 Å². The van der Waals surface area contributed by atoms with Crippen molar-refractivity contribution < 1.29 is 9.60 Å². The standard InChI is InChI=1S/C14H22FN3O/c1-3-4-5-10(2)17-9-11-6-7-12(15)8-13(11)14(16)18-19/h6-8,10,17,19H,3-5,9H2,1-2H3,(H2,16,18). The van der Waals surface area contributed by atoms with Crippen LogP contribution in [-0.2, 0) is 6.54 Å². The summed E-state index contributed by atoms with van der Waals surface area (Å²) in [5.41, 5.74) is 6.80. The summed E-state index contributed by atoms with van der Waals surface area (Å²) in [6, 6.07) is 4.69. The molecule has 0 fully saturated rings. The Hall–Kier alpha value is -1.62. The van der Waals surface area contributed by atoms with Crippen molar-refractivity contribution in [2.24, 2.45) is 10.9 Å². The Bertz CT molecular complexity index is 435. The minimum Gasteiger partial charge on any atom is -0.409 e. The molecular weight excluding hydrogens is 245 g/mol. The van der Waals surface area contributed by atoms with Crippen LogP contribution >= 0.6 is 0 Å². The first kappa shape index (κ1) is 15.4. The molecule has 0 bridgehead atoms. The van der Waals surface area contributed by atoms with Crippen molar-refractivity contribution >= 4 is 5.84 Å². The SMILES string of the molecule is CCCCC(C)NCc1ccc(F)cc1C(N)=NO. The van der Waals surface area contributed by atoms with Gasteiger partial charge >= 0.3 is 0 Å². The second-order valence-electron chi connectivity index (χ2n) is 4.71. The van der Waals surface area contributed by atoms with Crippen LogP contribution in [0.4, 0.5) is 4.39 Å². The van der Waals surface area contributed by atoms with Crippen molar-refractivity contribution in [3.8, 4) is 0 Å². The maximum Gasteiger partial charge on any atom is 0.170 e. The number of hydrogen-bond acceptors (Lipinski definition) is 3. The number of hydrogen-bond donors (Lipinski definition) is 3. The molecular formula is C14H22FN3O. The second-order valence-corrected chi connectivity index (χ2v) is 4.71. The molecule has 0 aliphatic rings. The number of nitrogens with one attached hydrogen (secondary N) is 1. The maximum absolute atomic E-state index is 13.2. The van der Waals surface area contributed by atoms with Crippen LogP contribution in [0.3, 0.4) is 0 Å². The van der Waals surface area contributed by atoms with Gasteiger partial charge in [-0.2, -0.15) is 0 Å². The van der Waals surface area contributed by atoms with Crippen LogP contribution in [0.5, 0.6) is 0 Å². The highest BCUT2D eigenvalue weighted by atomic mass is 19.1. The van der Waals surface area contributed by atoms with Gasteiger partial charge in [-0.15, -0.1) is 0 Å². The number of unbranched alkanes of at least 4 members (excludes halogenated alkanes) is 1. The topological polar surface area (TPSA) is 70.6 Å². The number of nitrogens with zero attached hydrogens (tertiary/aromatic N) is 1. The van der Waals surface area contributed by atoms with E-state index in [1.165, 1.54) is 18.6 Å². The quantitative estimate of drug-likeness (QED) is 0.308. The Kier molecular flexibility index (Phi) is 6.29. The highest BCUT2D eigenvalue weighted by molar-refractivity contribution is 5.98. The molecule has 106 valence electrons. The minimum absolute atomic E-state index is 0.0717. The third-order valence-corrected chi connectivity index (χ3v) is 3.09. The highest BCUT2D eigenvalue weighted by Gasteiger charge is 2.09. The molecule has 4 N–H and O–H groups in total. The summed E-state index contributed by atoms with van der Waals surface area (Å²) in [7, 11) is 0. The molecule has 0 aliphatic carbocycles. The van der Waals surface area contributed by atoms with Gasteiger partial charge in [0.15, 0.2) is 5.84 Å². The van der Waals surface area contributed by atoms with Gasteiger partial charge in [0.05, 0.1) is 0 Å². The van der Waals surface area contributed by atoms with E-state index >= 15 is 0 Å². The zero-order chi connectivity index (χ0) is 14.3. The fourth-order valence-electron chi connectivity index (χ4n) is 1.89. The Morgan fingerprint density at radius 2 is 2.26 bits per heavy atom. The third kappa shape index (κ3) is 4.87. The van der Waals surface area contributed by atoms with Gasteiger partial charge in [-0.05, 0) is 31.0 Å². The molecule has 0 aliphatic heterocycles. The van der Waals surface area contributed by atoms with Gasteiger partial charge in [0.1, 0.15) is 5.82 Å². The first-order valence-corrected chi connectivity index (χ1v) is 6.58. The van der Waals surface area contributed by atoms with Crippen molar-refractivity contribution in [3.63, 3.8) is 0 Å². The lowest BCUT2D eigenvalue weighted by molar-refractivity contribution is 0.318. The summed E-state index contributed by atoms with van der Waals surface area (Å²) in [4.78, 5) is 0. The van der Waals surface area contributed by atoms with Crippen LogP contribution in [0.15, 0.2) is 23.4 Å². The van der Waals surface area contributed by atoms with Crippen molar-refractivity contribution in [3.05, 3.63) is 35.1 Å². The fraction of sp³-hybridized carbons (Fsp3) is 0.500. The van der Waals surface area contributed by atoms with E-state index in [-0.39, 0.29) is 5.84 Å². The van der Waals surface area contributed by atoms with Gasteiger partial charge in [0.25, 0.3) is 0 Å². The first-order valence-electron chi connectivity index (χ1n) is 6.58. The van der Waals surface area contributed by atoms with Crippen molar-refractivity contribution in [2.75, 3.05) is 0 Å². The Labute approximate surface area is 113 Å². The smallest absolute Gasteiger partial charge is 0.170 e. The number of nitrogens with two attached hydrogens (primary N) is 1. The molecule has 19 heavy (non-hydrogen) atoms. The molecule has 1 aromatic rings. The van der Waals surface area contributed by atoms with E-state index in [4.69, 9.17) is 10.9 Å². The molecule has 1 aromatic carbocycles. The van der Waals surface area contributed by atoms with Crippen LogP contribution in [0.25, 0.3) is 0 Å². The van der Waals surface area contributed by atoms with Gasteiger partial charge in [0, 0.05) is 18.2 Å². The predicted molar refractivity (Wildman–Crippen MR) is 74.7 cm³/mol. The highest BCUT2D eigenvalue weighted by Crippen LogP contribution is 2.12. The summed E-state index contributed by atoms with van der Waals surface area (Å²) in [6.07, 6.45) is 3.43. The van der Waals surface area contributed by atoms with E-state index in [1.807, 2.05) is 0 Å². The lowest BCUT2D eigenvalue weighted by atomic mass is 10.1. The predicted octanol–water partition coefficient (Wildman–Crippen LogP) is 2.59. The van der Waals surface area contributed by atoms with E-state index in [9.17, 15) is 4.39 Å². The van der Waals surface area contributed by atoms with E-state index in [0.717, 1.165) is 18.4 Å². The molecule has 0 heterocycles. The molecule has 0 radical (unpaired) electrons. The first-order chi connectivity index (χ1) is 9.08. The lowest BCUT2D eigenvalue weighted by Crippen LogP contribution is -2.27. The van der Waals surface area contributed by atoms with E-state index < -0.39 is 5.82 Å². The number of halogens is 1. The summed E-state index contributed by atoms with van der Waals surface area (Å²) >= 11 is 0. The number of benzene rings is 1. The van der Waals surface area contributed by atoms with Gasteiger partial charge in [-0.1, -0.05) is 31.0 Å². The maximum atomic E-state index is 13.2. The van der Waals surface area contributed by atoms with E-state index in [1.54, 1.807) is 6.07 Å². The fourth-order valence-corrected chi connectivity index (χ4v) is 1.89.